The molecule has 1 aromatic rings. The highest BCUT2D eigenvalue weighted by atomic mass is 35.5. The van der Waals surface area contributed by atoms with Gasteiger partial charge in [-0.15, -0.1) is 0 Å². The van der Waals surface area contributed by atoms with E-state index in [0.29, 0.717) is 24.5 Å². The molecule has 0 unspecified atom stereocenters. The highest BCUT2D eigenvalue weighted by molar-refractivity contribution is 8.13. The Kier molecular flexibility index (Phi) is 5.10. The van der Waals surface area contributed by atoms with E-state index in [2.05, 4.69) is 5.32 Å². The number of nitrogens with zero attached hydrogens (tertiary/aromatic N) is 1. The van der Waals surface area contributed by atoms with E-state index < -0.39 is 0 Å². The first-order valence-corrected chi connectivity index (χ1v) is 7.45. The van der Waals surface area contributed by atoms with Crippen LogP contribution >= 0.6 is 23.4 Å². The Morgan fingerprint density at radius 1 is 1.42 bits per heavy atom. The number of hydrogen-bond acceptors (Lipinski definition) is 3. The van der Waals surface area contributed by atoms with Crippen LogP contribution in [0, 0.1) is 0 Å². The fraction of sp³-hybridized carbons (Fsp3) is 0.385. The van der Waals surface area contributed by atoms with Gasteiger partial charge in [-0.2, -0.15) is 0 Å². The second-order valence-electron chi connectivity index (χ2n) is 4.22. The second kappa shape index (κ2) is 6.82. The highest BCUT2D eigenvalue weighted by Crippen LogP contribution is 2.17. The number of carbonyl (C=O) groups is 2. The van der Waals surface area contributed by atoms with Crippen molar-refractivity contribution < 1.29 is 9.59 Å². The monoisotopic (exact) mass is 298 g/mol. The molecule has 1 aromatic carbocycles. The molecule has 1 aliphatic rings. The molecule has 0 radical (unpaired) electrons. The van der Waals surface area contributed by atoms with Crippen LogP contribution in [-0.2, 0) is 11.3 Å². The molecule has 0 bridgehead atoms. The largest absolute Gasteiger partial charge is 0.352 e. The van der Waals surface area contributed by atoms with Crippen molar-refractivity contribution in [3.8, 4) is 0 Å². The quantitative estimate of drug-likeness (QED) is 0.909. The van der Waals surface area contributed by atoms with Gasteiger partial charge in [0.1, 0.15) is 0 Å². The second-order valence-corrected chi connectivity index (χ2v) is 5.67. The predicted octanol–water partition coefficient (Wildman–Crippen LogP) is 2.52. The molecule has 4 nitrogen and oxygen atoms in total. The normalized spacial score (nSPS) is 14.8. The van der Waals surface area contributed by atoms with Crippen molar-refractivity contribution in [2.45, 2.75) is 13.0 Å². The smallest absolute Gasteiger partial charge is 0.281 e. The lowest BCUT2D eigenvalue weighted by Gasteiger charge is -2.14. The van der Waals surface area contributed by atoms with E-state index in [0.717, 1.165) is 17.9 Å². The molecule has 0 spiro atoms. The summed E-state index contributed by atoms with van der Waals surface area (Å²) in [6.07, 6.45) is 0.330. The van der Waals surface area contributed by atoms with Crippen LogP contribution in [0.5, 0.6) is 0 Å². The molecule has 0 atom stereocenters. The number of carbonyl (C=O) groups excluding carboxylic acids is 2. The molecule has 2 rings (SSSR count). The van der Waals surface area contributed by atoms with Gasteiger partial charge in [0.25, 0.3) is 5.24 Å². The maximum absolute atomic E-state index is 11.7. The molecule has 2 amide bonds. The van der Waals surface area contributed by atoms with Crippen LogP contribution in [-0.4, -0.2) is 34.9 Å². The van der Waals surface area contributed by atoms with E-state index in [9.17, 15) is 9.59 Å². The first-order valence-electron chi connectivity index (χ1n) is 6.08. The molecular formula is C13H15ClN2O2S. The van der Waals surface area contributed by atoms with Crippen molar-refractivity contribution in [2.75, 3.05) is 18.8 Å². The molecule has 19 heavy (non-hydrogen) atoms. The summed E-state index contributed by atoms with van der Waals surface area (Å²) in [6.45, 7) is 1.64. The molecular weight excluding hydrogens is 284 g/mol. The zero-order chi connectivity index (χ0) is 13.7. The summed E-state index contributed by atoms with van der Waals surface area (Å²) in [5.74, 6) is 0.754. The van der Waals surface area contributed by atoms with Crippen LogP contribution in [0.15, 0.2) is 24.3 Å². The van der Waals surface area contributed by atoms with Crippen LogP contribution in [0.2, 0.25) is 5.02 Å². The van der Waals surface area contributed by atoms with Gasteiger partial charge in [0.15, 0.2) is 0 Å². The third-order valence-corrected chi connectivity index (χ3v) is 4.15. The van der Waals surface area contributed by atoms with Crippen molar-refractivity contribution in [1.82, 2.24) is 10.2 Å². The van der Waals surface area contributed by atoms with Crippen molar-refractivity contribution in [2.24, 2.45) is 0 Å². The standard InChI is InChI=1S/C13H15ClN2O2S/c14-11-4-2-1-3-10(11)9-15-12(17)5-6-16-7-8-19-13(16)18/h1-4H,5-9H2,(H,15,17). The maximum atomic E-state index is 11.7. The van der Waals surface area contributed by atoms with Crippen LogP contribution in [0.3, 0.4) is 0 Å². The van der Waals surface area contributed by atoms with Crippen molar-refractivity contribution in [3.05, 3.63) is 34.9 Å². The topological polar surface area (TPSA) is 49.4 Å². The van der Waals surface area contributed by atoms with Gasteiger partial charge < -0.3 is 10.2 Å². The summed E-state index contributed by atoms with van der Waals surface area (Å²) < 4.78 is 0. The van der Waals surface area contributed by atoms with Gasteiger partial charge >= 0.3 is 0 Å². The van der Waals surface area contributed by atoms with Gasteiger partial charge in [0.05, 0.1) is 0 Å². The Morgan fingerprint density at radius 3 is 2.89 bits per heavy atom. The molecule has 0 saturated carbocycles. The van der Waals surface area contributed by atoms with Gasteiger partial charge in [0, 0.05) is 36.8 Å². The number of hydrogen-bond donors (Lipinski definition) is 1. The maximum Gasteiger partial charge on any atom is 0.281 e. The van der Waals surface area contributed by atoms with E-state index in [4.69, 9.17) is 11.6 Å². The average Bonchev–Trinajstić information content (AvgIpc) is 2.81. The number of amides is 2. The number of thioether (sulfide) groups is 1. The molecule has 0 aromatic heterocycles. The lowest BCUT2D eigenvalue weighted by molar-refractivity contribution is -0.121. The number of nitrogens with one attached hydrogen (secondary N) is 1. The van der Waals surface area contributed by atoms with Crippen LogP contribution in [0.25, 0.3) is 0 Å². The SMILES string of the molecule is O=C(CCN1CCSC1=O)NCc1ccccc1Cl. The molecule has 102 valence electrons. The Hall–Kier alpha value is -1.20. The molecule has 6 heteroatoms. The molecule has 1 saturated heterocycles. The Bertz CT molecular complexity index is 481. The van der Waals surface area contributed by atoms with E-state index in [1.807, 2.05) is 18.2 Å². The molecule has 1 fully saturated rings. The average molecular weight is 299 g/mol. The first kappa shape index (κ1) is 14.2. The predicted molar refractivity (Wildman–Crippen MR) is 77.3 cm³/mol. The first-order chi connectivity index (χ1) is 9.16. The Morgan fingerprint density at radius 2 is 2.21 bits per heavy atom. The van der Waals surface area contributed by atoms with E-state index in [1.165, 1.54) is 11.8 Å². The molecule has 1 N–H and O–H groups in total. The Labute approximate surface area is 121 Å². The number of halogens is 1. The van der Waals surface area contributed by atoms with Gasteiger partial charge in [-0.25, -0.2) is 0 Å². The minimum Gasteiger partial charge on any atom is -0.352 e. The van der Waals surface area contributed by atoms with E-state index in [1.54, 1.807) is 11.0 Å². The van der Waals surface area contributed by atoms with Gasteiger partial charge in [0.2, 0.25) is 5.91 Å². The summed E-state index contributed by atoms with van der Waals surface area (Å²) in [7, 11) is 0. The van der Waals surface area contributed by atoms with Crippen LogP contribution in [0.4, 0.5) is 4.79 Å². The summed E-state index contributed by atoms with van der Waals surface area (Å²) >= 11 is 7.31. The molecule has 1 aliphatic heterocycles. The number of rotatable bonds is 5. The van der Waals surface area contributed by atoms with E-state index in [-0.39, 0.29) is 11.1 Å². The minimum atomic E-state index is -0.0652. The number of benzene rings is 1. The zero-order valence-corrected chi connectivity index (χ0v) is 12.0. The summed E-state index contributed by atoms with van der Waals surface area (Å²) in [6, 6.07) is 7.41. The fourth-order valence-electron chi connectivity index (χ4n) is 1.79. The van der Waals surface area contributed by atoms with Crippen molar-refractivity contribution in [1.29, 1.82) is 0 Å². The zero-order valence-electron chi connectivity index (χ0n) is 10.4. The lowest BCUT2D eigenvalue weighted by atomic mass is 10.2. The minimum absolute atomic E-state index is 0.0652. The Balaban J connectivity index is 1.73. The summed E-state index contributed by atoms with van der Waals surface area (Å²) in [5.41, 5.74) is 0.894. The highest BCUT2D eigenvalue weighted by Gasteiger charge is 2.21. The van der Waals surface area contributed by atoms with Crippen LogP contribution < -0.4 is 5.32 Å². The summed E-state index contributed by atoms with van der Waals surface area (Å²) in [4.78, 5) is 24.8. The van der Waals surface area contributed by atoms with Crippen molar-refractivity contribution in [3.63, 3.8) is 0 Å². The molecule has 1 heterocycles. The van der Waals surface area contributed by atoms with Gasteiger partial charge in [-0.3, -0.25) is 9.59 Å². The fourth-order valence-corrected chi connectivity index (χ4v) is 2.84. The van der Waals surface area contributed by atoms with Crippen LogP contribution in [0.1, 0.15) is 12.0 Å². The van der Waals surface area contributed by atoms with E-state index >= 15 is 0 Å². The third-order valence-electron chi connectivity index (χ3n) is 2.89. The lowest BCUT2D eigenvalue weighted by Crippen LogP contribution is -2.30. The van der Waals surface area contributed by atoms with Crippen molar-refractivity contribution >= 4 is 34.5 Å². The summed E-state index contributed by atoms with van der Waals surface area (Å²) in [5, 5.41) is 3.53. The third kappa shape index (κ3) is 4.14. The van der Waals surface area contributed by atoms with Gasteiger partial charge in [-0.05, 0) is 11.6 Å². The van der Waals surface area contributed by atoms with Gasteiger partial charge in [-0.1, -0.05) is 41.6 Å². The molecule has 0 aliphatic carbocycles.